The number of nitrogens with one attached hydrogen (secondary N) is 1. The monoisotopic (exact) mass is 243 g/mol. The van der Waals surface area contributed by atoms with Gasteiger partial charge in [0.05, 0.1) is 6.20 Å². The van der Waals surface area contributed by atoms with Crippen molar-refractivity contribution in [2.24, 2.45) is 11.7 Å². The third-order valence-corrected chi connectivity index (χ3v) is 3.33. The summed E-state index contributed by atoms with van der Waals surface area (Å²) >= 11 is 0. The van der Waals surface area contributed by atoms with Gasteiger partial charge in [-0.05, 0) is 37.5 Å². The largest absolute Gasteiger partial charge is 0.475 e. The molecule has 1 aliphatic rings. The Morgan fingerprint density at radius 2 is 2.28 bits per heavy atom. The molecule has 18 heavy (non-hydrogen) atoms. The normalized spacial score (nSPS) is 16.6. The molecule has 2 aromatic rings. The number of nitrogens with zero attached hydrogens (tertiary/aromatic N) is 1. The number of H-pyrrole nitrogens is 1. The van der Waals surface area contributed by atoms with Crippen LogP contribution in [0.25, 0.3) is 11.1 Å². The van der Waals surface area contributed by atoms with Gasteiger partial charge in [-0.3, -0.25) is 10.8 Å². The Morgan fingerprint density at radius 1 is 1.44 bits per heavy atom. The van der Waals surface area contributed by atoms with E-state index in [0.29, 0.717) is 5.92 Å². The van der Waals surface area contributed by atoms with Crippen molar-refractivity contribution in [1.29, 1.82) is 0 Å². The van der Waals surface area contributed by atoms with Crippen molar-refractivity contribution in [1.82, 2.24) is 10.2 Å². The quantitative estimate of drug-likeness (QED) is 0.811. The van der Waals surface area contributed by atoms with E-state index in [0.717, 1.165) is 22.6 Å². The highest BCUT2D eigenvalue weighted by Gasteiger charge is 2.30. The number of hydrogen-bond acceptors (Lipinski definition) is 3. The number of benzene rings is 1. The summed E-state index contributed by atoms with van der Waals surface area (Å²) < 4.78 is 5.76. The maximum atomic E-state index is 5.97. The molecule has 0 spiro atoms. The predicted octanol–water partition coefficient (Wildman–Crippen LogP) is 2.46. The molecule has 0 saturated heterocycles. The van der Waals surface area contributed by atoms with Crippen LogP contribution in [0.5, 0.6) is 5.75 Å². The molecule has 3 rings (SSSR count). The van der Waals surface area contributed by atoms with Gasteiger partial charge in [0.1, 0.15) is 5.75 Å². The summed E-state index contributed by atoms with van der Waals surface area (Å²) in [7, 11) is 0. The molecule has 1 unspecified atom stereocenters. The maximum absolute atomic E-state index is 5.97. The first-order chi connectivity index (χ1) is 8.74. The Bertz CT molecular complexity index is 545. The minimum atomic E-state index is -0.175. The molecule has 94 valence electrons. The molecule has 3 N–H and O–H groups in total. The fourth-order valence-electron chi connectivity index (χ4n) is 2.06. The number of aryl methyl sites for hydroxylation is 1. The van der Waals surface area contributed by atoms with Crippen LogP contribution in [0, 0.1) is 12.8 Å². The molecule has 1 heterocycles. The maximum Gasteiger partial charge on any atom is 0.150 e. The number of aromatic nitrogens is 2. The minimum Gasteiger partial charge on any atom is -0.475 e. The molecule has 0 radical (unpaired) electrons. The van der Waals surface area contributed by atoms with Gasteiger partial charge < -0.3 is 4.74 Å². The van der Waals surface area contributed by atoms with E-state index in [2.05, 4.69) is 10.2 Å². The van der Waals surface area contributed by atoms with Gasteiger partial charge in [-0.15, -0.1) is 0 Å². The van der Waals surface area contributed by atoms with Crippen LogP contribution in [0.2, 0.25) is 0 Å². The average molecular weight is 243 g/mol. The molecule has 1 aliphatic carbocycles. The van der Waals surface area contributed by atoms with Crippen LogP contribution in [0.1, 0.15) is 18.5 Å². The van der Waals surface area contributed by atoms with Crippen LogP contribution >= 0.6 is 0 Å². The number of hydrogen-bond donors (Lipinski definition) is 2. The number of nitrogens with two attached hydrogens (primary N) is 1. The highest BCUT2D eigenvalue weighted by Crippen LogP contribution is 2.33. The Morgan fingerprint density at radius 3 is 2.94 bits per heavy atom. The first kappa shape index (κ1) is 11.3. The fraction of sp³-hybridized carbons (Fsp3) is 0.357. The van der Waals surface area contributed by atoms with E-state index in [1.165, 1.54) is 12.8 Å². The lowest BCUT2D eigenvalue weighted by molar-refractivity contribution is 0.186. The lowest BCUT2D eigenvalue weighted by Gasteiger charge is -2.14. The van der Waals surface area contributed by atoms with E-state index in [4.69, 9.17) is 10.5 Å². The molecular formula is C14H17N3O. The summed E-state index contributed by atoms with van der Waals surface area (Å²) in [6, 6.07) is 7.99. The summed E-state index contributed by atoms with van der Waals surface area (Å²) in [6.07, 6.45) is 4.02. The predicted molar refractivity (Wildman–Crippen MR) is 70.1 cm³/mol. The Hall–Kier alpha value is -1.81. The average Bonchev–Trinajstić information content (AvgIpc) is 3.13. The molecule has 4 nitrogen and oxygen atoms in total. The number of aromatic amines is 1. The van der Waals surface area contributed by atoms with Gasteiger partial charge in [0.15, 0.2) is 6.23 Å². The molecule has 1 fully saturated rings. The van der Waals surface area contributed by atoms with Crippen molar-refractivity contribution < 1.29 is 4.74 Å². The molecule has 1 aromatic heterocycles. The van der Waals surface area contributed by atoms with Crippen molar-refractivity contribution in [3.05, 3.63) is 36.2 Å². The van der Waals surface area contributed by atoms with E-state index in [1.807, 2.05) is 37.4 Å². The van der Waals surface area contributed by atoms with E-state index < -0.39 is 0 Å². The highest BCUT2D eigenvalue weighted by molar-refractivity contribution is 5.66. The van der Waals surface area contributed by atoms with Gasteiger partial charge in [0.25, 0.3) is 0 Å². The van der Waals surface area contributed by atoms with Crippen LogP contribution in [0.15, 0.2) is 30.5 Å². The minimum absolute atomic E-state index is 0.175. The fourth-order valence-corrected chi connectivity index (χ4v) is 2.06. The Balaban J connectivity index is 1.82. The van der Waals surface area contributed by atoms with Crippen molar-refractivity contribution in [3.8, 4) is 16.9 Å². The van der Waals surface area contributed by atoms with E-state index in [9.17, 15) is 0 Å². The van der Waals surface area contributed by atoms with Crippen LogP contribution < -0.4 is 10.5 Å². The van der Waals surface area contributed by atoms with Crippen molar-refractivity contribution in [2.45, 2.75) is 26.0 Å². The molecule has 0 bridgehead atoms. The van der Waals surface area contributed by atoms with E-state index in [1.54, 1.807) is 0 Å². The second-order valence-corrected chi connectivity index (χ2v) is 4.86. The molecular weight excluding hydrogens is 226 g/mol. The number of rotatable bonds is 4. The van der Waals surface area contributed by atoms with E-state index in [-0.39, 0.29) is 6.23 Å². The third-order valence-electron chi connectivity index (χ3n) is 3.33. The second-order valence-electron chi connectivity index (χ2n) is 4.86. The lowest BCUT2D eigenvalue weighted by Crippen LogP contribution is -2.29. The smallest absolute Gasteiger partial charge is 0.150 e. The van der Waals surface area contributed by atoms with Crippen molar-refractivity contribution in [3.63, 3.8) is 0 Å². The highest BCUT2D eigenvalue weighted by atomic mass is 16.5. The Labute approximate surface area is 106 Å². The SMILES string of the molecule is Cc1[nH]ncc1-c1cccc(OC(N)C2CC2)c1. The summed E-state index contributed by atoms with van der Waals surface area (Å²) in [5.74, 6) is 1.36. The second kappa shape index (κ2) is 4.46. The van der Waals surface area contributed by atoms with Crippen LogP contribution in [-0.2, 0) is 0 Å². The molecule has 0 aliphatic heterocycles. The molecule has 4 heteroatoms. The van der Waals surface area contributed by atoms with Crippen molar-refractivity contribution in [2.75, 3.05) is 0 Å². The molecule has 1 saturated carbocycles. The summed E-state index contributed by atoms with van der Waals surface area (Å²) in [6.45, 7) is 2.01. The number of ether oxygens (including phenoxy) is 1. The Kier molecular flexibility index (Phi) is 2.80. The van der Waals surface area contributed by atoms with Gasteiger partial charge in [-0.1, -0.05) is 12.1 Å². The summed E-state index contributed by atoms with van der Waals surface area (Å²) in [5, 5.41) is 6.98. The first-order valence-electron chi connectivity index (χ1n) is 6.26. The van der Waals surface area contributed by atoms with Gasteiger partial charge in [0, 0.05) is 17.2 Å². The zero-order valence-corrected chi connectivity index (χ0v) is 10.4. The van der Waals surface area contributed by atoms with Crippen molar-refractivity contribution >= 4 is 0 Å². The van der Waals surface area contributed by atoms with Gasteiger partial charge >= 0.3 is 0 Å². The van der Waals surface area contributed by atoms with E-state index >= 15 is 0 Å². The standard InChI is InChI=1S/C14H17N3O/c1-9-13(8-16-17-9)11-3-2-4-12(7-11)18-14(15)10-5-6-10/h2-4,7-8,10,14H,5-6,15H2,1H3,(H,16,17). The molecule has 0 amide bonds. The van der Waals surface area contributed by atoms with Gasteiger partial charge in [-0.25, -0.2) is 0 Å². The summed E-state index contributed by atoms with van der Waals surface area (Å²) in [5.41, 5.74) is 9.22. The third kappa shape index (κ3) is 2.24. The first-order valence-corrected chi connectivity index (χ1v) is 6.26. The molecule has 1 aromatic carbocycles. The van der Waals surface area contributed by atoms with Crippen LogP contribution in [-0.4, -0.2) is 16.4 Å². The topological polar surface area (TPSA) is 63.9 Å². The zero-order chi connectivity index (χ0) is 12.5. The van der Waals surface area contributed by atoms with Crippen LogP contribution in [0.3, 0.4) is 0 Å². The lowest BCUT2D eigenvalue weighted by atomic mass is 10.1. The molecule has 1 atom stereocenters. The van der Waals surface area contributed by atoms with Gasteiger partial charge in [0.2, 0.25) is 0 Å². The summed E-state index contributed by atoms with van der Waals surface area (Å²) in [4.78, 5) is 0. The van der Waals surface area contributed by atoms with Crippen LogP contribution in [0.4, 0.5) is 0 Å². The van der Waals surface area contributed by atoms with Gasteiger partial charge in [-0.2, -0.15) is 5.10 Å². The zero-order valence-electron chi connectivity index (χ0n) is 10.4.